The van der Waals surface area contributed by atoms with Gasteiger partial charge in [-0.15, -0.1) is 11.3 Å². The van der Waals surface area contributed by atoms with Gasteiger partial charge in [-0.2, -0.15) is 0 Å². The molecule has 0 saturated heterocycles. The van der Waals surface area contributed by atoms with E-state index in [0.717, 1.165) is 29.0 Å². The van der Waals surface area contributed by atoms with Gasteiger partial charge in [0.05, 0.1) is 6.10 Å². The number of benzene rings is 2. The van der Waals surface area contributed by atoms with Crippen molar-refractivity contribution >= 4 is 21.4 Å². The molecular formula is C18H16O2S. The minimum absolute atomic E-state index is 0.377. The van der Waals surface area contributed by atoms with Gasteiger partial charge < -0.3 is 9.84 Å². The minimum Gasteiger partial charge on any atom is -0.490 e. The molecule has 0 amide bonds. The quantitative estimate of drug-likeness (QED) is 0.767. The molecule has 0 bridgehead atoms. The first kappa shape index (κ1) is 12.9. The van der Waals surface area contributed by atoms with Crippen LogP contribution in [0, 0.1) is 0 Å². The van der Waals surface area contributed by atoms with Gasteiger partial charge in [-0.25, -0.2) is 0 Å². The second-order valence-corrected chi connectivity index (χ2v) is 6.59. The van der Waals surface area contributed by atoms with Crippen molar-refractivity contribution in [1.82, 2.24) is 0 Å². The predicted octanol–water partition coefficient (Wildman–Crippen LogP) is 4.52. The van der Waals surface area contributed by atoms with E-state index in [1.54, 1.807) is 11.3 Å². The molecule has 1 atom stereocenters. The smallest absolute Gasteiger partial charge is 0.120 e. The largest absolute Gasteiger partial charge is 0.490 e. The van der Waals surface area contributed by atoms with Crippen molar-refractivity contribution in [1.29, 1.82) is 0 Å². The zero-order chi connectivity index (χ0) is 14.2. The number of fused-ring (bicyclic) bond motifs is 1. The highest BCUT2D eigenvalue weighted by atomic mass is 32.1. The molecule has 4 rings (SSSR count). The van der Waals surface area contributed by atoms with Gasteiger partial charge in [0.2, 0.25) is 0 Å². The lowest BCUT2D eigenvalue weighted by atomic mass is 10.1. The van der Waals surface area contributed by atoms with Gasteiger partial charge in [-0.3, -0.25) is 0 Å². The fourth-order valence-corrected chi connectivity index (χ4v) is 3.52. The molecule has 2 aromatic carbocycles. The van der Waals surface area contributed by atoms with E-state index in [1.165, 1.54) is 10.1 Å². The molecule has 0 spiro atoms. The second-order valence-electron chi connectivity index (χ2n) is 5.48. The first-order chi connectivity index (χ1) is 10.3. The average Bonchev–Trinajstić information content (AvgIpc) is 3.21. The molecule has 1 N–H and O–H groups in total. The van der Waals surface area contributed by atoms with Crippen LogP contribution in [0.15, 0.2) is 54.6 Å². The van der Waals surface area contributed by atoms with Crippen molar-refractivity contribution < 1.29 is 9.84 Å². The maximum Gasteiger partial charge on any atom is 0.120 e. The summed E-state index contributed by atoms with van der Waals surface area (Å²) in [5.74, 6) is 0.857. The summed E-state index contributed by atoms with van der Waals surface area (Å²) in [5, 5.41) is 11.8. The van der Waals surface area contributed by atoms with Crippen LogP contribution < -0.4 is 4.74 Å². The van der Waals surface area contributed by atoms with Crippen LogP contribution in [0.25, 0.3) is 10.1 Å². The molecule has 1 aliphatic carbocycles. The number of aliphatic hydroxyl groups is 1. The van der Waals surface area contributed by atoms with E-state index in [2.05, 4.69) is 18.2 Å². The van der Waals surface area contributed by atoms with Gasteiger partial charge in [0.25, 0.3) is 0 Å². The number of thiophene rings is 1. The van der Waals surface area contributed by atoms with E-state index in [9.17, 15) is 5.11 Å². The second kappa shape index (κ2) is 5.17. The molecule has 1 aromatic heterocycles. The van der Waals surface area contributed by atoms with Crippen LogP contribution in [0.2, 0.25) is 0 Å². The summed E-state index contributed by atoms with van der Waals surface area (Å²) in [6.45, 7) is 0. The first-order valence-electron chi connectivity index (χ1n) is 7.23. The molecule has 1 saturated carbocycles. The number of aliphatic hydroxyl groups excluding tert-OH is 1. The molecule has 1 heterocycles. The van der Waals surface area contributed by atoms with E-state index in [0.29, 0.717) is 6.10 Å². The number of hydrogen-bond acceptors (Lipinski definition) is 3. The SMILES string of the molecule is OC(c1cccc(OC2CC2)c1)c1cc2ccccc2s1. The lowest BCUT2D eigenvalue weighted by molar-refractivity contribution is 0.223. The van der Waals surface area contributed by atoms with Crippen molar-refractivity contribution in [3.05, 3.63) is 65.0 Å². The summed E-state index contributed by atoms with van der Waals surface area (Å²) < 4.78 is 7.01. The van der Waals surface area contributed by atoms with E-state index in [4.69, 9.17) is 4.74 Å². The van der Waals surface area contributed by atoms with Crippen LogP contribution in [0.5, 0.6) is 5.75 Å². The Labute approximate surface area is 127 Å². The van der Waals surface area contributed by atoms with E-state index in [-0.39, 0.29) is 0 Å². The average molecular weight is 296 g/mol. The summed E-state index contributed by atoms with van der Waals surface area (Å²) >= 11 is 1.64. The first-order valence-corrected chi connectivity index (χ1v) is 8.04. The molecule has 1 fully saturated rings. The number of rotatable bonds is 4. The molecular weight excluding hydrogens is 280 g/mol. The van der Waals surface area contributed by atoms with Crippen molar-refractivity contribution in [2.24, 2.45) is 0 Å². The zero-order valence-corrected chi connectivity index (χ0v) is 12.3. The summed E-state index contributed by atoms with van der Waals surface area (Å²) in [4.78, 5) is 0.972. The van der Waals surface area contributed by atoms with Gasteiger partial charge in [-0.1, -0.05) is 30.3 Å². The van der Waals surface area contributed by atoms with Crippen molar-refractivity contribution in [2.75, 3.05) is 0 Å². The van der Waals surface area contributed by atoms with Crippen molar-refractivity contribution in [3.8, 4) is 5.75 Å². The summed E-state index contributed by atoms with van der Waals surface area (Å²) in [7, 11) is 0. The Kier molecular flexibility index (Phi) is 3.17. The topological polar surface area (TPSA) is 29.5 Å². The molecule has 1 aliphatic rings. The Bertz CT molecular complexity index is 740. The van der Waals surface area contributed by atoms with E-state index in [1.807, 2.05) is 36.4 Å². The Morgan fingerprint density at radius 2 is 1.90 bits per heavy atom. The van der Waals surface area contributed by atoms with Crippen LogP contribution in [0.3, 0.4) is 0 Å². The van der Waals surface area contributed by atoms with Crippen LogP contribution in [0.1, 0.15) is 29.4 Å². The minimum atomic E-state index is -0.592. The highest BCUT2D eigenvalue weighted by Gasteiger charge is 2.24. The molecule has 0 aliphatic heterocycles. The normalized spacial score (nSPS) is 16.0. The highest BCUT2D eigenvalue weighted by Crippen LogP contribution is 2.34. The van der Waals surface area contributed by atoms with Gasteiger partial charge >= 0.3 is 0 Å². The maximum absolute atomic E-state index is 10.6. The Balaban J connectivity index is 1.64. The summed E-state index contributed by atoms with van der Waals surface area (Å²) in [6.07, 6.45) is 2.07. The molecule has 1 unspecified atom stereocenters. The fourth-order valence-electron chi connectivity index (χ4n) is 2.44. The van der Waals surface area contributed by atoms with Gasteiger partial charge in [0, 0.05) is 9.58 Å². The molecule has 0 radical (unpaired) electrons. The molecule has 21 heavy (non-hydrogen) atoms. The third-order valence-corrected chi connectivity index (χ3v) is 4.88. The molecule has 106 valence electrons. The van der Waals surface area contributed by atoms with E-state index < -0.39 is 6.10 Å². The third kappa shape index (κ3) is 2.67. The highest BCUT2D eigenvalue weighted by molar-refractivity contribution is 7.19. The number of hydrogen-bond donors (Lipinski definition) is 1. The van der Waals surface area contributed by atoms with Crippen LogP contribution in [-0.2, 0) is 0 Å². The van der Waals surface area contributed by atoms with Crippen molar-refractivity contribution in [3.63, 3.8) is 0 Å². The lowest BCUT2D eigenvalue weighted by Crippen LogP contribution is -2.00. The van der Waals surface area contributed by atoms with Crippen LogP contribution in [-0.4, -0.2) is 11.2 Å². The standard InChI is InChI=1S/C18H16O2S/c19-18(17-11-12-4-1-2-7-16(12)21-17)13-5-3-6-15(10-13)20-14-8-9-14/h1-7,10-11,14,18-19H,8-9H2. The fraction of sp³-hybridized carbons (Fsp3) is 0.222. The predicted molar refractivity (Wildman–Crippen MR) is 86.0 cm³/mol. The lowest BCUT2D eigenvalue weighted by Gasteiger charge is -2.11. The Hall–Kier alpha value is -1.84. The van der Waals surface area contributed by atoms with Crippen molar-refractivity contribution in [2.45, 2.75) is 25.0 Å². The van der Waals surface area contributed by atoms with Crippen LogP contribution in [0.4, 0.5) is 0 Å². The third-order valence-electron chi connectivity index (χ3n) is 3.72. The Morgan fingerprint density at radius 1 is 1.05 bits per heavy atom. The van der Waals surface area contributed by atoms with Gasteiger partial charge in [0.15, 0.2) is 0 Å². The van der Waals surface area contributed by atoms with E-state index >= 15 is 0 Å². The van der Waals surface area contributed by atoms with Gasteiger partial charge in [-0.05, 0) is 48.1 Å². The summed E-state index contributed by atoms with van der Waals surface area (Å²) in [6, 6.07) is 18.1. The number of ether oxygens (including phenoxy) is 1. The molecule has 3 heteroatoms. The Morgan fingerprint density at radius 3 is 2.71 bits per heavy atom. The zero-order valence-electron chi connectivity index (χ0n) is 11.5. The molecule has 3 aromatic rings. The monoisotopic (exact) mass is 296 g/mol. The van der Waals surface area contributed by atoms with Crippen LogP contribution >= 0.6 is 11.3 Å². The molecule has 2 nitrogen and oxygen atoms in total. The van der Waals surface area contributed by atoms with Gasteiger partial charge in [0.1, 0.15) is 11.9 Å². The summed E-state index contributed by atoms with van der Waals surface area (Å²) in [5.41, 5.74) is 0.889. The maximum atomic E-state index is 10.6.